The summed E-state index contributed by atoms with van der Waals surface area (Å²) in [5.74, 6) is -1.35. The second kappa shape index (κ2) is 15.5. The second-order valence-electron chi connectivity index (χ2n) is 10.0. The number of carboxylic acids is 1. The molecule has 1 atom stereocenters. The van der Waals surface area contributed by atoms with E-state index < -0.39 is 23.8 Å². The number of ether oxygens (including phenoxy) is 1. The fraction of sp³-hybridized carbons (Fsp3) is 0.917. The molecule has 0 heterocycles. The molecule has 0 aromatic heterocycles. The fourth-order valence-electron chi connectivity index (χ4n) is 4.26. The zero-order chi connectivity index (χ0) is 23.1. The Bertz CT molecular complexity index is 479. The first-order chi connectivity index (χ1) is 14.7. The van der Waals surface area contributed by atoms with E-state index >= 15 is 0 Å². The van der Waals surface area contributed by atoms with E-state index in [-0.39, 0.29) is 0 Å². The molecular formula is C24H46N2O5. The number of hydrogen-bond donors (Lipinski definition) is 2. The molecule has 0 aliphatic heterocycles. The van der Waals surface area contributed by atoms with Gasteiger partial charge in [0, 0.05) is 0 Å². The molecule has 0 radical (unpaired) electrons. The van der Waals surface area contributed by atoms with Crippen LogP contribution in [0, 0.1) is 0 Å². The van der Waals surface area contributed by atoms with Crippen LogP contribution in [0.25, 0.3) is 0 Å². The zero-order valence-corrected chi connectivity index (χ0v) is 20.3. The molecular weight excluding hydrogens is 396 g/mol. The minimum atomic E-state index is -1.35. The van der Waals surface area contributed by atoms with E-state index in [9.17, 15) is 14.7 Å². The maximum absolute atomic E-state index is 11.2. The molecule has 0 saturated heterocycles. The topological polar surface area (TPSA) is 104 Å². The number of rotatable bonds is 9. The van der Waals surface area contributed by atoms with Crippen LogP contribution in [-0.2, 0) is 14.4 Å². The number of nitrogens with two attached hydrogens (primary N) is 1. The SMILES string of the molecule is C1CCC([NH2+]C2CCCCC2)CC1.CCCCCC(ONC(=O)OC(C)(C)C)C(=O)[O-]. The number of carboxylic acid groups (broad SMARTS) is 1. The number of nitrogens with one attached hydrogen (secondary N) is 1. The number of unbranched alkanes of at least 4 members (excludes halogenated alkanes) is 2. The number of amides is 1. The quantitative estimate of drug-likeness (QED) is 0.421. The number of carbonyl (C=O) groups excluding carboxylic acids is 2. The zero-order valence-electron chi connectivity index (χ0n) is 20.3. The van der Waals surface area contributed by atoms with Gasteiger partial charge in [-0.1, -0.05) is 39.0 Å². The van der Waals surface area contributed by atoms with Gasteiger partial charge in [-0.2, -0.15) is 5.48 Å². The Kier molecular flexibility index (Phi) is 13.8. The van der Waals surface area contributed by atoms with Crippen LogP contribution in [0.4, 0.5) is 4.79 Å². The smallest absolute Gasteiger partial charge is 0.431 e. The molecule has 2 saturated carbocycles. The highest BCUT2D eigenvalue weighted by Gasteiger charge is 2.23. The third-order valence-electron chi connectivity index (χ3n) is 5.86. The first-order valence-electron chi connectivity index (χ1n) is 12.4. The van der Waals surface area contributed by atoms with Crippen LogP contribution >= 0.6 is 0 Å². The summed E-state index contributed by atoms with van der Waals surface area (Å²) in [6.07, 6.45) is 15.9. The highest BCUT2D eigenvalue weighted by molar-refractivity contribution is 5.71. The van der Waals surface area contributed by atoms with Gasteiger partial charge in [-0.15, -0.1) is 0 Å². The van der Waals surface area contributed by atoms with Crippen molar-refractivity contribution in [3.05, 3.63) is 0 Å². The fourth-order valence-corrected chi connectivity index (χ4v) is 4.26. The predicted molar refractivity (Wildman–Crippen MR) is 119 cm³/mol. The molecule has 1 unspecified atom stereocenters. The van der Waals surface area contributed by atoms with E-state index in [0.717, 1.165) is 24.9 Å². The van der Waals surface area contributed by atoms with Crippen LogP contribution in [0.5, 0.6) is 0 Å². The van der Waals surface area contributed by atoms with Crippen molar-refractivity contribution < 1.29 is 29.6 Å². The van der Waals surface area contributed by atoms with Gasteiger partial charge in [0.2, 0.25) is 0 Å². The Morgan fingerprint density at radius 2 is 1.48 bits per heavy atom. The van der Waals surface area contributed by atoms with Crippen LogP contribution in [-0.4, -0.2) is 35.9 Å². The van der Waals surface area contributed by atoms with Gasteiger partial charge < -0.3 is 20.0 Å². The summed E-state index contributed by atoms with van der Waals surface area (Å²) in [5.41, 5.74) is 1.31. The molecule has 0 aromatic carbocycles. The van der Waals surface area contributed by atoms with E-state index in [1.807, 2.05) is 12.4 Å². The number of aliphatic carboxylic acids is 1. The molecule has 1 amide bonds. The summed E-state index contributed by atoms with van der Waals surface area (Å²) >= 11 is 0. The van der Waals surface area contributed by atoms with Crippen LogP contribution in [0.3, 0.4) is 0 Å². The normalized spacial score (nSPS) is 19.1. The van der Waals surface area contributed by atoms with Crippen molar-refractivity contribution in [3.63, 3.8) is 0 Å². The van der Waals surface area contributed by atoms with Crippen molar-refractivity contribution in [1.82, 2.24) is 5.48 Å². The highest BCUT2D eigenvalue weighted by atomic mass is 16.7. The molecule has 31 heavy (non-hydrogen) atoms. The standard InChI is InChI=1S/C12H23NO5.C12H23N/c1-5-6-7-8-9(10(14)15)18-13-11(16)17-12(2,3)4;1-3-7-11(8-4-1)13-12-9-5-2-6-10-12/h9H,5-8H2,1-4H3,(H,13,16)(H,14,15);11-13H,1-10H2. The third kappa shape index (κ3) is 14.4. The molecule has 2 aliphatic rings. The highest BCUT2D eigenvalue weighted by Crippen LogP contribution is 2.18. The third-order valence-corrected chi connectivity index (χ3v) is 5.86. The summed E-state index contributed by atoms with van der Waals surface area (Å²) in [6.45, 7) is 7.10. The Balaban J connectivity index is 0.000000323. The maximum Gasteiger partial charge on any atom is 0.431 e. The molecule has 7 nitrogen and oxygen atoms in total. The average molecular weight is 443 g/mol. The van der Waals surface area contributed by atoms with Gasteiger partial charge in [0.25, 0.3) is 0 Å². The van der Waals surface area contributed by atoms with Crippen molar-refractivity contribution in [3.8, 4) is 0 Å². The molecule has 182 valence electrons. The molecule has 2 fully saturated rings. The van der Waals surface area contributed by atoms with Gasteiger partial charge in [-0.3, -0.25) is 4.84 Å². The van der Waals surface area contributed by atoms with Gasteiger partial charge in [0.1, 0.15) is 11.7 Å². The van der Waals surface area contributed by atoms with Gasteiger partial charge in [0.15, 0.2) is 0 Å². The van der Waals surface area contributed by atoms with Gasteiger partial charge in [-0.25, -0.2) is 4.79 Å². The molecule has 0 spiro atoms. The Morgan fingerprint density at radius 3 is 1.90 bits per heavy atom. The number of hydroxylamine groups is 1. The lowest BCUT2D eigenvalue weighted by atomic mass is 9.91. The number of quaternary nitrogens is 1. The van der Waals surface area contributed by atoms with Crippen molar-refractivity contribution >= 4 is 12.1 Å². The Labute approximate surface area is 189 Å². The Morgan fingerprint density at radius 1 is 0.968 bits per heavy atom. The van der Waals surface area contributed by atoms with Gasteiger partial charge in [-0.05, 0) is 78.6 Å². The largest absolute Gasteiger partial charge is 0.547 e. The minimum absolute atomic E-state index is 0.298. The van der Waals surface area contributed by atoms with Gasteiger partial charge in [0.05, 0.1) is 18.1 Å². The van der Waals surface area contributed by atoms with E-state index in [1.54, 1.807) is 20.8 Å². The maximum atomic E-state index is 11.2. The minimum Gasteiger partial charge on any atom is -0.547 e. The monoisotopic (exact) mass is 442 g/mol. The van der Waals surface area contributed by atoms with Crippen molar-refractivity contribution in [2.45, 2.75) is 141 Å². The van der Waals surface area contributed by atoms with Crippen LogP contribution in [0.2, 0.25) is 0 Å². The molecule has 7 heteroatoms. The molecule has 3 N–H and O–H groups in total. The second-order valence-corrected chi connectivity index (χ2v) is 10.0. The van der Waals surface area contributed by atoms with Crippen LogP contribution < -0.4 is 15.9 Å². The first kappa shape index (κ1) is 27.7. The van der Waals surface area contributed by atoms with E-state index in [2.05, 4.69) is 5.32 Å². The van der Waals surface area contributed by atoms with E-state index in [0.29, 0.717) is 12.8 Å². The Hall–Kier alpha value is -1.34. The average Bonchev–Trinajstić information content (AvgIpc) is 2.71. The van der Waals surface area contributed by atoms with Crippen molar-refractivity contribution in [1.29, 1.82) is 0 Å². The lowest BCUT2D eigenvalue weighted by molar-refractivity contribution is -0.725. The van der Waals surface area contributed by atoms with E-state index in [4.69, 9.17) is 9.57 Å². The molecule has 0 bridgehead atoms. The van der Waals surface area contributed by atoms with E-state index in [1.165, 1.54) is 64.2 Å². The summed E-state index contributed by atoms with van der Waals surface area (Å²) < 4.78 is 4.91. The summed E-state index contributed by atoms with van der Waals surface area (Å²) in [6, 6.07) is 1.99. The lowest BCUT2D eigenvalue weighted by Crippen LogP contribution is -2.95. The van der Waals surface area contributed by atoms with Gasteiger partial charge >= 0.3 is 6.09 Å². The van der Waals surface area contributed by atoms with Crippen molar-refractivity contribution in [2.75, 3.05) is 0 Å². The van der Waals surface area contributed by atoms with Crippen molar-refractivity contribution in [2.24, 2.45) is 0 Å². The summed E-state index contributed by atoms with van der Waals surface area (Å²) in [7, 11) is 0. The van der Waals surface area contributed by atoms with Crippen LogP contribution in [0.15, 0.2) is 0 Å². The van der Waals surface area contributed by atoms with Crippen LogP contribution in [0.1, 0.15) is 118 Å². The predicted octanol–water partition coefficient (Wildman–Crippen LogP) is 3.36. The number of hydrogen-bond acceptors (Lipinski definition) is 5. The summed E-state index contributed by atoms with van der Waals surface area (Å²) in [4.78, 5) is 26.8. The lowest BCUT2D eigenvalue weighted by Gasteiger charge is -2.27. The molecule has 2 aliphatic carbocycles. The molecule has 0 aromatic rings. The first-order valence-corrected chi connectivity index (χ1v) is 12.4. The molecule has 2 rings (SSSR count). The number of carbonyl (C=O) groups is 2. The summed E-state index contributed by atoms with van der Waals surface area (Å²) in [5, 5.41) is 13.5.